The number of aromatic nitrogens is 3. The van der Waals surface area contributed by atoms with Crippen LogP contribution in [0.4, 0.5) is 13.2 Å². The van der Waals surface area contributed by atoms with E-state index >= 15 is 0 Å². The monoisotopic (exact) mass is 436 g/mol. The average Bonchev–Trinajstić information content (AvgIpc) is 3.29. The molecule has 166 valence electrons. The highest BCUT2D eigenvalue weighted by Gasteiger charge is 2.37. The van der Waals surface area contributed by atoms with E-state index in [4.69, 9.17) is 9.05 Å². The Hall–Kier alpha value is -2.91. The number of nitrogens with zero attached hydrogens (tertiary/aromatic N) is 4. The predicted octanol–water partition coefficient (Wildman–Crippen LogP) is 4.99. The molecule has 4 heterocycles. The summed E-state index contributed by atoms with van der Waals surface area (Å²) in [7, 11) is 0. The van der Waals surface area contributed by atoms with Crippen LogP contribution in [0.25, 0.3) is 11.1 Å². The van der Waals surface area contributed by atoms with Crippen molar-refractivity contribution in [3.63, 3.8) is 0 Å². The zero-order valence-electron chi connectivity index (χ0n) is 17.7. The molecular weight excluding hydrogens is 413 g/mol. The lowest BCUT2D eigenvalue weighted by Crippen LogP contribution is -2.40. The molecule has 1 fully saturated rings. The SMILES string of the molecule is Cc1onc(C(C)C)c1C(=O)N1CCC[C@@H](c2cc(C(F)(F)F)c3c(C)noc3n2)C1. The maximum absolute atomic E-state index is 13.7. The molecule has 4 rings (SSSR count). The van der Waals surface area contributed by atoms with Crippen molar-refractivity contribution in [2.45, 2.75) is 58.5 Å². The first-order valence-electron chi connectivity index (χ1n) is 10.2. The first-order chi connectivity index (χ1) is 14.6. The number of carbonyl (C=O) groups is 1. The molecule has 1 aliphatic rings. The minimum absolute atomic E-state index is 0.00472. The zero-order valence-corrected chi connectivity index (χ0v) is 17.7. The smallest absolute Gasteiger partial charge is 0.361 e. The van der Waals surface area contributed by atoms with Crippen LogP contribution in [0, 0.1) is 13.8 Å². The van der Waals surface area contributed by atoms with Gasteiger partial charge in [-0.1, -0.05) is 24.2 Å². The second-order valence-electron chi connectivity index (χ2n) is 8.28. The molecule has 0 radical (unpaired) electrons. The molecule has 0 saturated carbocycles. The molecule has 1 saturated heterocycles. The van der Waals surface area contributed by atoms with Crippen LogP contribution in [0.15, 0.2) is 15.1 Å². The van der Waals surface area contributed by atoms with Gasteiger partial charge >= 0.3 is 6.18 Å². The summed E-state index contributed by atoms with van der Waals surface area (Å²) in [5.74, 6) is -0.131. The van der Waals surface area contributed by atoms with Crippen molar-refractivity contribution in [2.24, 2.45) is 0 Å². The van der Waals surface area contributed by atoms with Gasteiger partial charge in [0.1, 0.15) is 11.3 Å². The van der Waals surface area contributed by atoms with E-state index < -0.39 is 11.7 Å². The lowest BCUT2D eigenvalue weighted by Gasteiger charge is -2.32. The number of hydrogen-bond donors (Lipinski definition) is 0. The molecule has 0 aromatic carbocycles. The van der Waals surface area contributed by atoms with Gasteiger partial charge in [-0.15, -0.1) is 0 Å². The Balaban J connectivity index is 1.67. The van der Waals surface area contributed by atoms with Crippen molar-refractivity contribution in [1.82, 2.24) is 20.2 Å². The fraction of sp³-hybridized carbons (Fsp3) is 0.524. The summed E-state index contributed by atoms with van der Waals surface area (Å²) in [5.41, 5.74) is 0.460. The molecule has 0 bridgehead atoms. The second kappa shape index (κ2) is 7.65. The van der Waals surface area contributed by atoms with Gasteiger partial charge in [0.2, 0.25) is 0 Å². The van der Waals surface area contributed by atoms with Gasteiger partial charge in [0.25, 0.3) is 11.6 Å². The molecule has 1 atom stereocenters. The molecule has 31 heavy (non-hydrogen) atoms. The number of likely N-dealkylation sites (tertiary alicyclic amines) is 1. The summed E-state index contributed by atoms with van der Waals surface area (Å²) in [6.07, 6.45) is -3.30. The largest absolute Gasteiger partial charge is 0.417 e. The number of rotatable bonds is 3. The van der Waals surface area contributed by atoms with Crippen molar-refractivity contribution >= 4 is 17.0 Å². The van der Waals surface area contributed by atoms with Gasteiger partial charge in [0, 0.05) is 19.0 Å². The summed E-state index contributed by atoms with van der Waals surface area (Å²) < 4.78 is 51.4. The molecule has 0 aliphatic carbocycles. The van der Waals surface area contributed by atoms with E-state index in [9.17, 15) is 18.0 Å². The molecule has 10 heteroatoms. The first kappa shape index (κ1) is 21.3. The minimum Gasteiger partial charge on any atom is -0.361 e. The van der Waals surface area contributed by atoms with E-state index in [0.29, 0.717) is 36.4 Å². The number of piperidine rings is 1. The number of alkyl halides is 3. The van der Waals surface area contributed by atoms with E-state index in [2.05, 4.69) is 15.3 Å². The molecule has 0 unspecified atom stereocenters. The van der Waals surface area contributed by atoms with Crippen molar-refractivity contribution in [2.75, 3.05) is 13.1 Å². The number of aryl methyl sites for hydroxylation is 2. The summed E-state index contributed by atoms with van der Waals surface area (Å²) in [5, 5.41) is 7.53. The number of pyridine rings is 1. The zero-order chi connectivity index (χ0) is 22.5. The minimum atomic E-state index is -4.57. The highest BCUT2D eigenvalue weighted by atomic mass is 19.4. The number of halogens is 3. The Bertz CT molecular complexity index is 1130. The molecule has 0 spiro atoms. The summed E-state index contributed by atoms with van der Waals surface area (Å²) in [6.45, 7) is 7.74. The third kappa shape index (κ3) is 3.79. The second-order valence-corrected chi connectivity index (χ2v) is 8.28. The number of hydrogen-bond acceptors (Lipinski definition) is 6. The van der Waals surface area contributed by atoms with Gasteiger partial charge in [-0.2, -0.15) is 13.2 Å². The van der Waals surface area contributed by atoms with E-state index in [-0.39, 0.29) is 46.8 Å². The fourth-order valence-corrected chi connectivity index (χ4v) is 4.15. The third-order valence-electron chi connectivity index (χ3n) is 5.72. The molecule has 7 nitrogen and oxygen atoms in total. The van der Waals surface area contributed by atoms with Crippen LogP contribution in [0.3, 0.4) is 0 Å². The molecule has 1 amide bonds. The van der Waals surface area contributed by atoms with Gasteiger partial charge in [0.15, 0.2) is 0 Å². The standard InChI is InChI=1S/C21H23F3N4O3/c1-10(2)18-17(12(4)30-27-18)20(29)28-7-5-6-13(9-28)15-8-14(21(22,23)24)16-11(3)26-31-19(16)25-15/h8,10,13H,5-7,9H2,1-4H3/t13-/m1/s1. The Morgan fingerprint density at radius 1 is 1.23 bits per heavy atom. The van der Waals surface area contributed by atoms with Crippen LogP contribution in [-0.2, 0) is 6.18 Å². The van der Waals surface area contributed by atoms with E-state index in [1.807, 2.05) is 13.8 Å². The van der Waals surface area contributed by atoms with Crippen LogP contribution in [-0.4, -0.2) is 39.2 Å². The highest BCUT2D eigenvalue weighted by molar-refractivity contribution is 5.96. The fourth-order valence-electron chi connectivity index (χ4n) is 4.15. The van der Waals surface area contributed by atoms with Crippen molar-refractivity contribution in [3.05, 3.63) is 40.0 Å². The van der Waals surface area contributed by atoms with Gasteiger partial charge in [-0.05, 0) is 38.7 Å². The topological polar surface area (TPSA) is 85.3 Å². The van der Waals surface area contributed by atoms with Crippen molar-refractivity contribution in [1.29, 1.82) is 0 Å². The van der Waals surface area contributed by atoms with Gasteiger partial charge in [-0.25, -0.2) is 4.98 Å². The van der Waals surface area contributed by atoms with Crippen LogP contribution in [0.1, 0.15) is 77.3 Å². The van der Waals surface area contributed by atoms with Crippen LogP contribution in [0.2, 0.25) is 0 Å². The van der Waals surface area contributed by atoms with Gasteiger partial charge in [-0.3, -0.25) is 4.79 Å². The number of fused-ring (bicyclic) bond motifs is 1. The number of carbonyl (C=O) groups excluding carboxylic acids is 1. The summed E-state index contributed by atoms with van der Waals surface area (Å²) in [6, 6.07) is 1.06. The summed E-state index contributed by atoms with van der Waals surface area (Å²) in [4.78, 5) is 19.2. The lowest BCUT2D eigenvalue weighted by atomic mass is 9.92. The van der Waals surface area contributed by atoms with Gasteiger partial charge < -0.3 is 13.9 Å². The highest BCUT2D eigenvalue weighted by Crippen LogP contribution is 2.38. The number of amides is 1. The van der Waals surface area contributed by atoms with Crippen LogP contribution < -0.4 is 0 Å². The first-order valence-corrected chi connectivity index (χ1v) is 10.2. The normalized spacial score (nSPS) is 17.7. The lowest BCUT2D eigenvalue weighted by molar-refractivity contribution is -0.136. The van der Waals surface area contributed by atoms with E-state index in [1.54, 1.807) is 11.8 Å². The molecule has 3 aromatic heterocycles. The maximum atomic E-state index is 13.7. The van der Waals surface area contributed by atoms with Crippen molar-refractivity contribution < 1.29 is 27.0 Å². The average molecular weight is 436 g/mol. The molecule has 3 aromatic rings. The maximum Gasteiger partial charge on any atom is 0.417 e. The van der Waals surface area contributed by atoms with Gasteiger partial charge in [0.05, 0.1) is 28.0 Å². The Morgan fingerprint density at radius 3 is 2.65 bits per heavy atom. The summed E-state index contributed by atoms with van der Waals surface area (Å²) >= 11 is 0. The Kier molecular flexibility index (Phi) is 5.26. The predicted molar refractivity (Wildman–Crippen MR) is 105 cm³/mol. The Labute approximate surface area is 176 Å². The third-order valence-corrected chi connectivity index (χ3v) is 5.72. The molecule has 1 aliphatic heterocycles. The van der Waals surface area contributed by atoms with Crippen molar-refractivity contribution in [3.8, 4) is 0 Å². The quantitative estimate of drug-likeness (QED) is 0.575. The Morgan fingerprint density at radius 2 is 1.97 bits per heavy atom. The van der Waals surface area contributed by atoms with E-state index in [1.165, 1.54) is 6.92 Å². The van der Waals surface area contributed by atoms with Crippen LogP contribution in [0.5, 0.6) is 0 Å². The van der Waals surface area contributed by atoms with E-state index in [0.717, 1.165) is 6.07 Å². The molecule has 0 N–H and O–H groups in total. The molecular formula is C21H23F3N4O3. The van der Waals surface area contributed by atoms with Crippen LogP contribution >= 0.6 is 0 Å².